The smallest absolute Gasteiger partial charge is 0.126 e. The lowest BCUT2D eigenvalue weighted by molar-refractivity contribution is 0.402. The molecule has 0 unspecified atom stereocenters. The molecule has 1 N–H and O–H groups in total. The van der Waals surface area contributed by atoms with Crippen molar-refractivity contribution in [2.24, 2.45) is 0 Å². The molecule has 1 heterocycles. The number of rotatable bonds is 4. The zero-order chi connectivity index (χ0) is 12.1. The summed E-state index contributed by atoms with van der Waals surface area (Å²) in [6.07, 6.45) is 7.85. The van der Waals surface area contributed by atoms with Gasteiger partial charge < -0.3 is 14.5 Å². The van der Waals surface area contributed by atoms with Gasteiger partial charge in [0.15, 0.2) is 0 Å². The summed E-state index contributed by atoms with van der Waals surface area (Å²) in [5, 5.41) is 0. The molecular formula is C14H15NO2. The van der Waals surface area contributed by atoms with E-state index in [-0.39, 0.29) is 0 Å². The lowest BCUT2D eigenvalue weighted by Crippen LogP contribution is -1.89. The molecule has 0 saturated heterocycles. The van der Waals surface area contributed by atoms with Crippen molar-refractivity contribution in [3.05, 3.63) is 47.8 Å². The molecule has 1 aromatic carbocycles. The van der Waals surface area contributed by atoms with Crippen molar-refractivity contribution in [1.29, 1.82) is 0 Å². The summed E-state index contributed by atoms with van der Waals surface area (Å²) in [5.41, 5.74) is 2.11. The van der Waals surface area contributed by atoms with Crippen molar-refractivity contribution in [2.45, 2.75) is 0 Å². The minimum absolute atomic E-state index is 0.819. The number of H-pyrrole nitrogens is 1. The molecule has 0 amide bonds. The third-order valence-corrected chi connectivity index (χ3v) is 2.51. The van der Waals surface area contributed by atoms with Crippen LogP contribution in [0.5, 0.6) is 11.5 Å². The number of aromatic amines is 1. The summed E-state index contributed by atoms with van der Waals surface area (Å²) in [5.74, 6) is 1.65. The number of methoxy groups -OCH3 is 2. The normalized spacial score (nSPS) is 10.7. The highest BCUT2D eigenvalue weighted by molar-refractivity contribution is 5.73. The van der Waals surface area contributed by atoms with E-state index in [1.54, 1.807) is 14.2 Å². The highest BCUT2D eigenvalue weighted by atomic mass is 16.5. The van der Waals surface area contributed by atoms with E-state index in [0.29, 0.717) is 0 Å². The average molecular weight is 229 g/mol. The van der Waals surface area contributed by atoms with Crippen LogP contribution >= 0.6 is 0 Å². The van der Waals surface area contributed by atoms with Crippen LogP contribution in [0.4, 0.5) is 0 Å². The van der Waals surface area contributed by atoms with Crippen LogP contribution in [0.2, 0.25) is 0 Å². The zero-order valence-corrected chi connectivity index (χ0v) is 9.94. The van der Waals surface area contributed by atoms with Gasteiger partial charge in [-0.05, 0) is 29.8 Å². The molecule has 0 aliphatic heterocycles. The van der Waals surface area contributed by atoms with Crippen LogP contribution in [-0.2, 0) is 0 Å². The number of aromatic nitrogens is 1. The van der Waals surface area contributed by atoms with Crippen molar-refractivity contribution in [3.63, 3.8) is 0 Å². The van der Waals surface area contributed by atoms with Crippen LogP contribution in [0.25, 0.3) is 12.2 Å². The summed E-state index contributed by atoms with van der Waals surface area (Å²) in [6.45, 7) is 0. The monoisotopic (exact) mass is 229 g/mol. The molecule has 0 radical (unpaired) electrons. The summed E-state index contributed by atoms with van der Waals surface area (Å²) < 4.78 is 10.5. The van der Waals surface area contributed by atoms with E-state index >= 15 is 0 Å². The summed E-state index contributed by atoms with van der Waals surface area (Å²) in [4.78, 5) is 3.01. The second-order valence-corrected chi connectivity index (χ2v) is 3.59. The summed E-state index contributed by atoms with van der Waals surface area (Å²) in [7, 11) is 3.32. The van der Waals surface area contributed by atoms with Crippen LogP contribution in [0.1, 0.15) is 11.1 Å². The molecule has 0 aliphatic carbocycles. The fourth-order valence-electron chi connectivity index (χ4n) is 1.60. The maximum Gasteiger partial charge on any atom is 0.126 e. The van der Waals surface area contributed by atoms with E-state index in [1.165, 1.54) is 0 Å². The van der Waals surface area contributed by atoms with Gasteiger partial charge in [0.05, 0.1) is 14.2 Å². The standard InChI is InChI=1S/C14H15NO2/c1-16-13-5-6-14(17-2)12(9-13)4-3-11-7-8-15-10-11/h3-10,15H,1-2H3/b4-3+. The Morgan fingerprint density at radius 2 is 1.94 bits per heavy atom. The SMILES string of the molecule is COc1ccc(OC)c(/C=C/c2cc[nH]c2)c1. The molecule has 1 aromatic heterocycles. The zero-order valence-electron chi connectivity index (χ0n) is 9.94. The highest BCUT2D eigenvalue weighted by Gasteiger charge is 2.01. The Hall–Kier alpha value is -2.16. The fourth-order valence-corrected chi connectivity index (χ4v) is 1.60. The minimum Gasteiger partial charge on any atom is -0.497 e. The van der Waals surface area contributed by atoms with Crippen molar-refractivity contribution >= 4 is 12.2 Å². The van der Waals surface area contributed by atoms with Gasteiger partial charge in [-0.3, -0.25) is 0 Å². The Morgan fingerprint density at radius 3 is 2.59 bits per heavy atom. The molecule has 17 heavy (non-hydrogen) atoms. The van der Waals surface area contributed by atoms with Crippen molar-refractivity contribution in [3.8, 4) is 11.5 Å². The maximum absolute atomic E-state index is 5.30. The van der Waals surface area contributed by atoms with E-state index in [9.17, 15) is 0 Å². The third-order valence-electron chi connectivity index (χ3n) is 2.51. The molecule has 2 rings (SSSR count). The van der Waals surface area contributed by atoms with Gasteiger partial charge in [-0.15, -0.1) is 0 Å². The molecule has 2 aromatic rings. The number of ether oxygens (including phenoxy) is 2. The van der Waals surface area contributed by atoms with Crippen molar-refractivity contribution in [1.82, 2.24) is 4.98 Å². The largest absolute Gasteiger partial charge is 0.497 e. The van der Waals surface area contributed by atoms with Gasteiger partial charge in [0.2, 0.25) is 0 Å². The summed E-state index contributed by atoms with van der Waals surface area (Å²) in [6, 6.07) is 7.73. The Kier molecular flexibility index (Phi) is 3.50. The molecule has 0 aliphatic rings. The van der Waals surface area contributed by atoms with Crippen LogP contribution in [-0.4, -0.2) is 19.2 Å². The highest BCUT2D eigenvalue weighted by Crippen LogP contribution is 2.25. The molecule has 0 spiro atoms. The Balaban J connectivity index is 2.29. The number of hydrogen-bond donors (Lipinski definition) is 1. The first-order valence-corrected chi connectivity index (χ1v) is 5.36. The molecule has 0 bridgehead atoms. The van der Waals surface area contributed by atoms with Crippen LogP contribution in [0.3, 0.4) is 0 Å². The van der Waals surface area contributed by atoms with Crippen LogP contribution in [0.15, 0.2) is 36.7 Å². The van der Waals surface area contributed by atoms with Gasteiger partial charge in [-0.2, -0.15) is 0 Å². The van der Waals surface area contributed by atoms with E-state index in [0.717, 1.165) is 22.6 Å². The van der Waals surface area contributed by atoms with Gasteiger partial charge in [-0.25, -0.2) is 0 Å². The molecule has 0 saturated carbocycles. The minimum atomic E-state index is 0.819. The maximum atomic E-state index is 5.30. The van der Waals surface area contributed by atoms with Gasteiger partial charge in [0.1, 0.15) is 11.5 Å². The molecule has 88 valence electrons. The van der Waals surface area contributed by atoms with E-state index in [2.05, 4.69) is 4.98 Å². The lowest BCUT2D eigenvalue weighted by atomic mass is 10.1. The first-order valence-electron chi connectivity index (χ1n) is 5.36. The van der Waals surface area contributed by atoms with Crippen LogP contribution < -0.4 is 9.47 Å². The first-order chi connectivity index (χ1) is 8.33. The van der Waals surface area contributed by atoms with E-state index in [1.807, 2.05) is 48.8 Å². The van der Waals surface area contributed by atoms with Gasteiger partial charge in [0.25, 0.3) is 0 Å². The van der Waals surface area contributed by atoms with E-state index < -0.39 is 0 Å². The Morgan fingerprint density at radius 1 is 1.06 bits per heavy atom. The van der Waals surface area contributed by atoms with E-state index in [4.69, 9.17) is 9.47 Å². The molecule has 0 fully saturated rings. The van der Waals surface area contributed by atoms with Gasteiger partial charge in [0, 0.05) is 18.0 Å². The molecular weight excluding hydrogens is 214 g/mol. The number of nitrogens with one attached hydrogen (secondary N) is 1. The topological polar surface area (TPSA) is 34.2 Å². The quantitative estimate of drug-likeness (QED) is 0.873. The second kappa shape index (κ2) is 5.25. The van der Waals surface area contributed by atoms with Gasteiger partial charge >= 0.3 is 0 Å². The Bertz CT molecular complexity index is 501. The predicted octanol–water partition coefficient (Wildman–Crippen LogP) is 3.20. The predicted molar refractivity (Wildman–Crippen MR) is 69.3 cm³/mol. The number of benzene rings is 1. The average Bonchev–Trinajstić information content (AvgIpc) is 2.89. The molecule has 3 heteroatoms. The summed E-state index contributed by atoms with van der Waals surface area (Å²) >= 11 is 0. The third kappa shape index (κ3) is 2.69. The van der Waals surface area contributed by atoms with Crippen LogP contribution in [0, 0.1) is 0 Å². The lowest BCUT2D eigenvalue weighted by Gasteiger charge is -2.06. The van der Waals surface area contributed by atoms with Crippen molar-refractivity contribution < 1.29 is 9.47 Å². The fraction of sp³-hybridized carbons (Fsp3) is 0.143. The Labute approximate surface area is 101 Å². The number of hydrogen-bond acceptors (Lipinski definition) is 2. The second-order valence-electron chi connectivity index (χ2n) is 3.59. The first kappa shape index (κ1) is 11.3. The van der Waals surface area contributed by atoms with Gasteiger partial charge in [-0.1, -0.05) is 12.2 Å². The molecule has 3 nitrogen and oxygen atoms in total. The molecule has 0 atom stereocenters. The van der Waals surface area contributed by atoms with Crippen molar-refractivity contribution in [2.75, 3.05) is 14.2 Å².